The highest BCUT2D eigenvalue weighted by Crippen LogP contribution is 2.45. The van der Waals surface area contributed by atoms with Gasteiger partial charge in [0.25, 0.3) is 0 Å². The van der Waals surface area contributed by atoms with Gasteiger partial charge in [0.2, 0.25) is 0 Å². The van der Waals surface area contributed by atoms with Crippen LogP contribution in [0.5, 0.6) is 0 Å². The van der Waals surface area contributed by atoms with Gasteiger partial charge in [-0.25, -0.2) is 0 Å². The summed E-state index contributed by atoms with van der Waals surface area (Å²) in [4.78, 5) is 0. The maximum Gasteiger partial charge on any atom is 0.139 e. The molecule has 0 amide bonds. The lowest BCUT2D eigenvalue weighted by Gasteiger charge is -2.25. The van der Waals surface area contributed by atoms with Crippen molar-refractivity contribution in [3.63, 3.8) is 0 Å². The number of aromatic nitrogens is 1. The van der Waals surface area contributed by atoms with Gasteiger partial charge < -0.3 is 8.98 Å². The van der Waals surface area contributed by atoms with Crippen LogP contribution in [-0.4, -0.2) is 4.57 Å². The molecule has 0 aliphatic heterocycles. The van der Waals surface area contributed by atoms with Crippen LogP contribution in [0.15, 0.2) is 126 Å². The summed E-state index contributed by atoms with van der Waals surface area (Å²) in [5, 5.41) is 4.91. The molecule has 0 atom stereocenters. The summed E-state index contributed by atoms with van der Waals surface area (Å²) in [6.45, 7) is 20.7. The molecule has 250 valence electrons. The molecule has 50 heavy (non-hydrogen) atoms. The van der Waals surface area contributed by atoms with Gasteiger partial charge in [0, 0.05) is 38.4 Å². The Hall–Kier alpha value is -5.08. The number of hydrogen-bond donors (Lipinski definition) is 0. The second kappa shape index (κ2) is 11.2. The van der Waals surface area contributed by atoms with Gasteiger partial charge in [-0.1, -0.05) is 135 Å². The van der Waals surface area contributed by atoms with E-state index in [1.807, 2.05) is 0 Å². The van der Waals surface area contributed by atoms with Crippen molar-refractivity contribution in [2.24, 2.45) is 0 Å². The second-order valence-corrected chi connectivity index (χ2v) is 17.2. The molecule has 0 bridgehead atoms. The fourth-order valence-corrected chi connectivity index (χ4v) is 7.56. The number of nitrogens with zero attached hydrogens (tertiary/aromatic N) is 1. The zero-order valence-electron chi connectivity index (χ0n) is 30.9. The van der Waals surface area contributed by atoms with Crippen molar-refractivity contribution in [1.29, 1.82) is 0 Å². The van der Waals surface area contributed by atoms with Crippen molar-refractivity contribution in [1.82, 2.24) is 4.57 Å². The van der Waals surface area contributed by atoms with Crippen molar-refractivity contribution in [3.8, 4) is 27.9 Å². The molecule has 2 aromatic heterocycles. The number of benzene rings is 6. The Labute approximate surface area is 296 Å². The first-order valence-corrected chi connectivity index (χ1v) is 17.9. The first kappa shape index (κ1) is 32.1. The summed E-state index contributed by atoms with van der Waals surface area (Å²) < 4.78 is 9.34. The maximum absolute atomic E-state index is 6.94. The van der Waals surface area contributed by atoms with Gasteiger partial charge in [-0.3, -0.25) is 0 Å². The van der Waals surface area contributed by atoms with E-state index < -0.39 is 0 Å². The number of fused-ring (bicyclic) bond motifs is 6. The highest BCUT2D eigenvalue weighted by atomic mass is 16.3. The van der Waals surface area contributed by atoms with Crippen molar-refractivity contribution in [2.45, 2.75) is 78.6 Å². The molecule has 6 aromatic carbocycles. The van der Waals surface area contributed by atoms with Gasteiger partial charge in [0.1, 0.15) is 11.2 Å². The summed E-state index contributed by atoms with van der Waals surface area (Å²) in [7, 11) is 0. The molecule has 0 aliphatic carbocycles. The molecule has 0 saturated heterocycles. The Kier molecular flexibility index (Phi) is 7.21. The largest absolute Gasteiger partial charge is 0.455 e. The summed E-state index contributed by atoms with van der Waals surface area (Å²) in [6, 6.07) is 44.8. The topological polar surface area (TPSA) is 18.1 Å². The van der Waals surface area contributed by atoms with E-state index in [1.165, 1.54) is 71.5 Å². The molecule has 0 unspecified atom stereocenters. The Morgan fingerprint density at radius 3 is 1.60 bits per heavy atom. The van der Waals surface area contributed by atoms with Crippen LogP contribution in [0.1, 0.15) is 79.0 Å². The van der Waals surface area contributed by atoms with Crippen LogP contribution in [0.2, 0.25) is 0 Å². The third kappa shape index (κ3) is 5.33. The van der Waals surface area contributed by atoms with Gasteiger partial charge in [0.05, 0.1) is 11.0 Å². The third-order valence-electron chi connectivity index (χ3n) is 10.4. The standard InChI is InChI=1S/C48H47NO/c1-46(2,3)34-28-39-38-26-33(27-40(47(4,5)6)44(38)50-45(39)41(29-34)48(7,8)9)32-21-24-43-37(25-32)36-17-13-14-18-42(36)49(43)35-22-19-31(20-23-35)30-15-11-10-12-16-30/h10-29H,1-9H3. The predicted octanol–water partition coefficient (Wildman–Crippen LogP) is 13.9. The van der Waals surface area contributed by atoms with E-state index in [1.54, 1.807) is 0 Å². The minimum absolute atomic E-state index is 0.0172. The van der Waals surface area contributed by atoms with E-state index in [-0.39, 0.29) is 16.2 Å². The lowest BCUT2D eigenvalue weighted by atomic mass is 9.79. The minimum atomic E-state index is -0.108. The van der Waals surface area contributed by atoms with Crippen molar-refractivity contribution < 1.29 is 4.42 Å². The van der Waals surface area contributed by atoms with Crippen LogP contribution >= 0.6 is 0 Å². The van der Waals surface area contributed by atoms with E-state index in [0.717, 1.165) is 16.9 Å². The van der Waals surface area contributed by atoms with E-state index in [9.17, 15) is 0 Å². The number of para-hydroxylation sites is 1. The normalized spacial score (nSPS) is 12.9. The monoisotopic (exact) mass is 653 g/mol. The van der Waals surface area contributed by atoms with Crippen molar-refractivity contribution in [3.05, 3.63) is 138 Å². The fraction of sp³-hybridized carbons (Fsp3) is 0.250. The quantitative estimate of drug-likeness (QED) is 0.186. The highest BCUT2D eigenvalue weighted by Gasteiger charge is 2.28. The van der Waals surface area contributed by atoms with Gasteiger partial charge in [-0.2, -0.15) is 0 Å². The first-order chi connectivity index (χ1) is 23.7. The smallest absolute Gasteiger partial charge is 0.139 e. The molecule has 2 heteroatoms. The van der Waals surface area contributed by atoms with Crippen molar-refractivity contribution >= 4 is 43.7 Å². The van der Waals surface area contributed by atoms with E-state index in [0.29, 0.717) is 0 Å². The molecule has 2 nitrogen and oxygen atoms in total. The maximum atomic E-state index is 6.94. The lowest BCUT2D eigenvalue weighted by molar-refractivity contribution is 0.550. The SMILES string of the molecule is CC(C)(C)c1cc(C(C)(C)C)c2oc3c(C(C)(C)C)cc(-c4ccc5c(c4)c4ccccc4n5-c4ccc(-c5ccccc5)cc4)cc3c2c1. The number of rotatable bonds is 3. The molecular formula is C48H47NO. The molecule has 0 fully saturated rings. The first-order valence-electron chi connectivity index (χ1n) is 17.9. The molecule has 8 rings (SSSR count). The minimum Gasteiger partial charge on any atom is -0.455 e. The fourth-order valence-electron chi connectivity index (χ4n) is 7.56. The molecule has 0 saturated carbocycles. The van der Waals surface area contributed by atoms with Crippen LogP contribution in [-0.2, 0) is 16.2 Å². The molecule has 0 spiro atoms. The summed E-state index contributed by atoms with van der Waals surface area (Å²) in [5.41, 5.74) is 14.2. The Balaban J connectivity index is 1.35. The van der Waals surface area contributed by atoms with E-state index in [4.69, 9.17) is 4.42 Å². The second-order valence-electron chi connectivity index (χ2n) is 17.2. The van der Waals surface area contributed by atoms with Crippen LogP contribution < -0.4 is 0 Å². The molecule has 0 radical (unpaired) electrons. The number of hydrogen-bond acceptors (Lipinski definition) is 1. The molecular weight excluding hydrogens is 607 g/mol. The third-order valence-corrected chi connectivity index (χ3v) is 10.4. The lowest BCUT2D eigenvalue weighted by Crippen LogP contribution is -2.16. The zero-order valence-corrected chi connectivity index (χ0v) is 30.9. The van der Waals surface area contributed by atoms with Crippen LogP contribution in [0.3, 0.4) is 0 Å². The van der Waals surface area contributed by atoms with E-state index in [2.05, 4.69) is 188 Å². The Bertz CT molecular complexity index is 2560. The van der Waals surface area contributed by atoms with Gasteiger partial charge in [-0.05, 0) is 92.6 Å². The summed E-state index contributed by atoms with van der Waals surface area (Å²) >= 11 is 0. The van der Waals surface area contributed by atoms with Gasteiger partial charge in [-0.15, -0.1) is 0 Å². The van der Waals surface area contributed by atoms with Gasteiger partial charge >= 0.3 is 0 Å². The van der Waals surface area contributed by atoms with E-state index >= 15 is 0 Å². The van der Waals surface area contributed by atoms with Crippen LogP contribution in [0, 0.1) is 0 Å². The van der Waals surface area contributed by atoms with Gasteiger partial charge in [0.15, 0.2) is 0 Å². The van der Waals surface area contributed by atoms with Crippen LogP contribution in [0.25, 0.3) is 71.7 Å². The predicted molar refractivity (Wildman–Crippen MR) is 215 cm³/mol. The highest BCUT2D eigenvalue weighted by molar-refractivity contribution is 6.12. The van der Waals surface area contributed by atoms with Crippen molar-refractivity contribution in [2.75, 3.05) is 0 Å². The molecule has 0 aliphatic rings. The Morgan fingerprint density at radius 1 is 0.400 bits per heavy atom. The Morgan fingerprint density at radius 2 is 0.940 bits per heavy atom. The summed E-state index contributed by atoms with van der Waals surface area (Å²) in [6.07, 6.45) is 0. The molecule has 8 aromatic rings. The molecule has 0 N–H and O–H groups in total. The molecule has 2 heterocycles. The average Bonchev–Trinajstić information content (AvgIpc) is 3.62. The number of furan rings is 1. The average molecular weight is 654 g/mol. The summed E-state index contributed by atoms with van der Waals surface area (Å²) in [5.74, 6) is 0. The zero-order chi connectivity index (χ0) is 35.2. The van der Waals surface area contributed by atoms with Crippen LogP contribution in [0.4, 0.5) is 0 Å².